The van der Waals surface area contributed by atoms with Gasteiger partial charge in [-0.2, -0.15) is 0 Å². The van der Waals surface area contributed by atoms with Crippen molar-refractivity contribution in [2.24, 2.45) is 0 Å². The molecule has 0 fully saturated rings. The Labute approximate surface area is 98.7 Å². The zero-order valence-corrected chi connectivity index (χ0v) is 11.2. The van der Waals surface area contributed by atoms with Gasteiger partial charge in [0.15, 0.2) is 0 Å². The molecule has 0 atom stereocenters. The van der Waals surface area contributed by atoms with E-state index < -0.39 is 0 Å². The molecule has 0 nitrogen and oxygen atoms in total. The second-order valence-corrected chi connectivity index (χ2v) is 6.11. The van der Waals surface area contributed by atoms with E-state index in [1.54, 1.807) is 0 Å². The highest BCUT2D eigenvalue weighted by molar-refractivity contribution is 6.18. The number of benzene rings is 1. The van der Waals surface area contributed by atoms with E-state index in [9.17, 15) is 0 Å². The van der Waals surface area contributed by atoms with Crippen LogP contribution in [0.4, 0.5) is 0 Å². The molecule has 0 unspecified atom stereocenters. The summed E-state index contributed by atoms with van der Waals surface area (Å²) in [5.74, 6) is 0.655. The van der Waals surface area contributed by atoms with Crippen molar-refractivity contribution in [1.29, 1.82) is 0 Å². The second kappa shape index (κ2) is 4.17. The largest absolute Gasteiger partial charge is 0.126 e. The van der Waals surface area contributed by atoms with Crippen molar-refractivity contribution in [3.63, 3.8) is 0 Å². The summed E-state index contributed by atoms with van der Waals surface area (Å²) < 4.78 is 0. The van der Waals surface area contributed by atoms with Crippen molar-refractivity contribution in [1.82, 2.24) is 0 Å². The Morgan fingerprint density at radius 2 is 1.27 bits per heavy atom. The van der Waals surface area contributed by atoms with Gasteiger partial charge in [-0.05, 0) is 16.5 Å². The van der Waals surface area contributed by atoms with Gasteiger partial charge in [0, 0.05) is 11.3 Å². The first-order valence-corrected chi connectivity index (χ1v) is 5.98. The number of hydrogen-bond donors (Lipinski definition) is 0. The first-order chi connectivity index (χ1) is 6.77. The lowest BCUT2D eigenvalue weighted by atomic mass is 9.82. The smallest absolute Gasteiger partial charge is 0.0315 e. The van der Waals surface area contributed by atoms with E-state index in [1.165, 1.54) is 11.1 Å². The molecule has 0 spiro atoms. The van der Waals surface area contributed by atoms with Gasteiger partial charge in [-0.1, -0.05) is 58.9 Å². The summed E-state index contributed by atoms with van der Waals surface area (Å²) in [6, 6.07) is 8.82. The minimum atomic E-state index is 0.0674. The van der Waals surface area contributed by atoms with Crippen LogP contribution < -0.4 is 0 Å². The van der Waals surface area contributed by atoms with Crippen LogP contribution in [-0.2, 0) is 10.8 Å². The quantitative estimate of drug-likeness (QED) is 0.649. The van der Waals surface area contributed by atoms with Gasteiger partial charge in [0.05, 0.1) is 0 Å². The number of alkyl halides is 1. The fourth-order valence-electron chi connectivity index (χ4n) is 1.50. The van der Waals surface area contributed by atoms with Crippen LogP contribution in [0.2, 0.25) is 0 Å². The summed E-state index contributed by atoms with van der Waals surface area (Å²) in [6.07, 6.45) is 0. The van der Waals surface area contributed by atoms with E-state index in [0.29, 0.717) is 5.88 Å². The summed E-state index contributed by atoms with van der Waals surface area (Å²) in [5, 5.41) is 0. The lowest BCUT2D eigenvalue weighted by molar-refractivity contribution is 0.580. The third-order valence-corrected chi connectivity index (χ3v) is 3.53. The van der Waals surface area contributed by atoms with Crippen LogP contribution in [0.5, 0.6) is 0 Å². The van der Waals surface area contributed by atoms with Crippen molar-refractivity contribution < 1.29 is 0 Å². The van der Waals surface area contributed by atoms with Crippen molar-refractivity contribution in [2.75, 3.05) is 5.88 Å². The fraction of sp³-hybridized carbons (Fsp3) is 0.571. The molecule has 1 aromatic rings. The Morgan fingerprint density at radius 3 is 1.60 bits per heavy atom. The minimum absolute atomic E-state index is 0.0674. The van der Waals surface area contributed by atoms with Gasteiger partial charge in [0.1, 0.15) is 0 Å². The van der Waals surface area contributed by atoms with Crippen LogP contribution in [0.15, 0.2) is 24.3 Å². The van der Waals surface area contributed by atoms with Crippen molar-refractivity contribution in [2.45, 2.75) is 45.4 Å². The standard InChI is InChI=1S/C14H21Cl/c1-13(2,3)11-6-8-12(9-7-11)14(4,5)10-15/h6-9H,10H2,1-5H3. The topological polar surface area (TPSA) is 0 Å². The molecule has 0 saturated heterocycles. The van der Waals surface area contributed by atoms with Gasteiger partial charge in [-0.15, -0.1) is 11.6 Å². The maximum atomic E-state index is 5.96. The Kier molecular flexibility index (Phi) is 3.50. The summed E-state index contributed by atoms with van der Waals surface area (Å²) in [4.78, 5) is 0. The van der Waals surface area contributed by atoms with Gasteiger partial charge in [-0.3, -0.25) is 0 Å². The van der Waals surface area contributed by atoms with Gasteiger partial charge in [0.25, 0.3) is 0 Å². The predicted molar refractivity (Wildman–Crippen MR) is 68.9 cm³/mol. The van der Waals surface area contributed by atoms with Crippen LogP contribution in [0, 0.1) is 0 Å². The lowest BCUT2D eigenvalue weighted by Gasteiger charge is -2.24. The average Bonchev–Trinajstić information content (AvgIpc) is 2.17. The average molecular weight is 225 g/mol. The molecule has 0 aliphatic rings. The Balaban J connectivity index is 3.01. The van der Waals surface area contributed by atoms with Gasteiger partial charge < -0.3 is 0 Å². The molecule has 1 heteroatoms. The Hall–Kier alpha value is -0.490. The molecule has 0 saturated carbocycles. The van der Waals surface area contributed by atoms with E-state index in [2.05, 4.69) is 58.9 Å². The molecule has 15 heavy (non-hydrogen) atoms. The summed E-state index contributed by atoms with van der Waals surface area (Å²) in [6.45, 7) is 11.0. The van der Waals surface area contributed by atoms with E-state index in [-0.39, 0.29) is 10.8 Å². The molecule has 84 valence electrons. The zero-order chi connectivity index (χ0) is 11.7. The van der Waals surface area contributed by atoms with Gasteiger partial charge >= 0.3 is 0 Å². The molecule has 1 aromatic carbocycles. The van der Waals surface area contributed by atoms with Crippen molar-refractivity contribution >= 4 is 11.6 Å². The van der Waals surface area contributed by atoms with E-state index in [1.807, 2.05) is 0 Å². The Morgan fingerprint density at radius 1 is 0.867 bits per heavy atom. The first kappa shape index (κ1) is 12.6. The SMILES string of the molecule is CC(C)(C)c1ccc(C(C)(C)CCl)cc1. The minimum Gasteiger partial charge on any atom is -0.126 e. The van der Waals surface area contributed by atoms with Gasteiger partial charge in [-0.25, -0.2) is 0 Å². The van der Waals surface area contributed by atoms with E-state index >= 15 is 0 Å². The van der Waals surface area contributed by atoms with Crippen molar-refractivity contribution in [3.8, 4) is 0 Å². The molecule has 0 radical (unpaired) electrons. The predicted octanol–water partition coefficient (Wildman–Crippen LogP) is 4.50. The molecular formula is C14H21Cl. The summed E-state index contributed by atoms with van der Waals surface area (Å²) in [7, 11) is 0. The third-order valence-electron chi connectivity index (χ3n) is 2.87. The molecule has 1 rings (SSSR count). The molecule has 0 bridgehead atoms. The van der Waals surface area contributed by atoms with Crippen molar-refractivity contribution in [3.05, 3.63) is 35.4 Å². The van der Waals surface area contributed by atoms with Gasteiger partial charge in [0.2, 0.25) is 0 Å². The number of rotatable bonds is 2. The molecule has 0 N–H and O–H groups in total. The monoisotopic (exact) mass is 224 g/mol. The highest BCUT2D eigenvalue weighted by Crippen LogP contribution is 2.28. The van der Waals surface area contributed by atoms with Crippen LogP contribution in [-0.4, -0.2) is 5.88 Å². The zero-order valence-electron chi connectivity index (χ0n) is 10.4. The molecule has 0 aliphatic carbocycles. The third kappa shape index (κ3) is 2.98. The van der Waals surface area contributed by atoms with Crippen LogP contribution >= 0.6 is 11.6 Å². The normalized spacial score (nSPS) is 12.9. The Bertz CT molecular complexity index is 314. The molecule has 0 aliphatic heterocycles. The second-order valence-electron chi connectivity index (χ2n) is 5.84. The lowest BCUT2D eigenvalue weighted by Crippen LogP contribution is -2.19. The molecule has 0 amide bonds. The first-order valence-electron chi connectivity index (χ1n) is 5.44. The summed E-state index contributed by atoms with van der Waals surface area (Å²) in [5.41, 5.74) is 2.98. The maximum Gasteiger partial charge on any atom is 0.0315 e. The van der Waals surface area contributed by atoms with Crippen LogP contribution in [0.25, 0.3) is 0 Å². The number of hydrogen-bond acceptors (Lipinski definition) is 0. The molecule has 0 aromatic heterocycles. The highest BCUT2D eigenvalue weighted by atomic mass is 35.5. The highest BCUT2D eigenvalue weighted by Gasteiger charge is 2.20. The van der Waals surface area contributed by atoms with Crippen LogP contribution in [0.1, 0.15) is 45.7 Å². The molecular weight excluding hydrogens is 204 g/mol. The summed E-state index contributed by atoms with van der Waals surface area (Å²) >= 11 is 5.96. The fourth-order valence-corrected chi connectivity index (χ4v) is 1.65. The maximum absolute atomic E-state index is 5.96. The molecule has 0 heterocycles. The van der Waals surface area contributed by atoms with E-state index in [4.69, 9.17) is 11.6 Å². The van der Waals surface area contributed by atoms with E-state index in [0.717, 1.165) is 0 Å². The van der Waals surface area contributed by atoms with Crippen LogP contribution in [0.3, 0.4) is 0 Å². The number of halogens is 1.